The van der Waals surface area contributed by atoms with Gasteiger partial charge >= 0.3 is 0 Å². The largest absolute Gasteiger partial charge is 0.370 e. The minimum absolute atomic E-state index is 0.133. The van der Waals surface area contributed by atoms with E-state index in [-0.39, 0.29) is 11.9 Å². The monoisotopic (exact) mass is 315 g/mol. The highest BCUT2D eigenvalue weighted by atomic mass is 35.5. The number of hydrogen-bond donors (Lipinski definition) is 2. The number of rotatable bonds is 8. The normalized spacial score (nSPS) is 12.0. The predicted octanol–water partition coefficient (Wildman–Crippen LogP) is 3.43. The Morgan fingerprint density at radius 3 is 2.90 bits per heavy atom. The summed E-state index contributed by atoms with van der Waals surface area (Å²) >= 11 is 7.92. The zero-order chi connectivity index (χ0) is 15.0. The number of carbonyl (C=O) groups excluding carboxylic acids is 1. The Bertz CT molecular complexity index is 442. The molecule has 1 aromatic heterocycles. The third-order valence-electron chi connectivity index (χ3n) is 2.73. The minimum atomic E-state index is -0.148. The molecule has 6 heteroatoms. The van der Waals surface area contributed by atoms with Crippen LogP contribution in [0.4, 0.5) is 5.82 Å². The molecule has 0 saturated carbocycles. The first kappa shape index (κ1) is 17.1. The summed E-state index contributed by atoms with van der Waals surface area (Å²) < 4.78 is 0. The summed E-state index contributed by atoms with van der Waals surface area (Å²) in [6.07, 6.45) is 2.46. The molecule has 2 N–H and O–H groups in total. The van der Waals surface area contributed by atoms with Gasteiger partial charge in [0.1, 0.15) is 5.82 Å². The summed E-state index contributed by atoms with van der Waals surface area (Å²) in [5.41, 5.74) is 0.465. The average molecular weight is 316 g/mol. The van der Waals surface area contributed by atoms with Crippen LogP contribution < -0.4 is 10.6 Å². The van der Waals surface area contributed by atoms with Gasteiger partial charge in [0.25, 0.3) is 5.91 Å². The number of nitrogens with zero attached hydrogens (tertiary/aromatic N) is 1. The second-order valence-corrected chi connectivity index (χ2v) is 6.24. The highest BCUT2D eigenvalue weighted by Gasteiger charge is 2.14. The van der Waals surface area contributed by atoms with Crippen LogP contribution in [0.3, 0.4) is 0 Å². The van der Waals surface area contributed by atoms with Crippen LogP contribution in [0, 0.1) is 0 Å². The van der Waals surface area contributed by atoms with Crippen molar-refractivity contribution < 1.29 is 4.79 Å². The summed E-state index contributed by atoms with van der Waals surface area (Å²) in [6, 6.07) is 1.82. The second-order valence-electron chi connectivity index (χ2n) is 4.44. The fourth-order valence-corrected chi connectivity index (χ4v) is 2.67. The minimum Gasteiger partial charge on any atom is -0.370 e. The van der Waals surface area contributed by atoms with Gasteiger partial charge in [0.2, 0.25) is 0 Å². The van der Waals surface area contributed by atoms with E-state index in [1.807, 2.05) is 25.6 Å². The van der Waals surface area contributed by atoms with Crippen LogP contribution in [0.1, 0.15) is 37.6 Å². The molecule has 1 unspecified atom stereocenters. The molecule has 1 aromatic rings. The lowest BCUT2D eigenvalue weighted by Gasteiger charge is -2.14. The van der Waals surface area contributed by atoms with Crippen LogP contribution >= 0.6 is 23.4 Å². The molecule has 0 aliphatic carbocycles. The number of aromatic nitrogens is 1. The van der Waals surface area contributed by atoms with Crippen LogP contribution in [0.2, 0.25) is 5.02 Å². The molecule has 0 saturated heterocycles. The predicted molar refractivity (Wildman–Crippen MR) is 88.0 cm³/mol. The Balaban J connectivity index is 2.64. The van der Waals surface area contributed by atoms with Crippen LogP contribution in [0.25, 0.3) is 0 Å². The summed E-state index contributed by atoms with van der Waals surface area (Å²) in [6.45, 7) is 6.87. The molecule has 20 heavy (non-hydrogen) atoms. The number of pyridine rings is 1. The molecule has 0 fully saturated rings. The molecule has 4 nitrogen and oxygen atoms in total. The average Bonchev–Trinajstić information content (AvgIpc) is 2.41. The first-order chi connectivity index (χ1) is 9.58. The zero-order valence-electron chi connectivity index (χ0n) is 12.2. The van der Waals surface area contributed by atoms with Crippen molar-refractivity contribution in [2.75, 3.05) is 23.4 Å². The molecule has 0 radical (unpaired) electrons. The maximum Gasteiger partial charge on any atom is 0.253 e. The highest BCUT2D eigenvalue weighted by molar-refractivity contribution is 7.99. The standard InChI is InChI=1S/C14H22ClN3OS/c1-4-16-13-8-11(12(15)9-17-13)14(19)18-10(3)6-7-20-5-2/h8-10H,4-7H2,1-3H3,(H,16,17)(H,18,19). The van der Waals surface area contributed by atoms with Crippen LogP contribution in [0.15, 0.2) is 12.3 Å². The topological polar surface area (TPSA) is 54.0 Å². The first-order valence-corrected chi connectivity index (χ1v) is 8.39. The van der Waals surface area contributed by atoms with Gasteiger partial charge in [-0.25, -0.2) is 4.98 Å². The van der Waals surface area contributed by atoms with Gasteiger partial charge in [-0.2, -0.15) is 11.8 Å². The fraction of sp³-hybridized carbons (Fsp3) is 0.571. The van der Waals surface area contributed by atoms with Crippen molar-refractivity contribution in [1.82, 2.24) is 10.3 Å². The van der Waals surface area contributed by atoms with Crippen molar-refractivity contribution in [1.29, 1.82) is 0 Å². The lowest BCUT2D eigenvalue weighted by Crippen LogP contribution is -2.33. The maximum absolute atomic E-state index is 12.2. The Kier molecular flexibility index (Phi) is 7.77. The van der Waals surface area contributed by atoms with E-state index in [9.17, 15) is 4.79 Å². The molecule has 0 aliphatic heterocycles. The third-order valence-corrected chi connectivity index (χ3v) is 3.97. The number of amides is 1. The van der Waals surface area contributed by atoms with Gasteiger partial charge < -0.3 is 10.6 Å². The van der Waals surface area contributed by atoms with Crippen molar-refractivity contribution in [3.8, 4) is 0 Å². The number of halogens is 1. The Hall–Kier alpha value is -0.940. The molecule has 0 aliphatic rings. The number of hydrogen-bond acceptors (Lipinski definition) is 4. The van der Waals surface area contributed by atoms with Crippen molar-refractivity contribution >= 4 is 35.1 Å². The van der Waals surface area contributed by atoms with E-state index in [1.165, 1.54) is 6.20 Å². The molecular weight excluding hydrogens is 294 g/mol. The highest BCUT2D eigenvalue weighted by Crippen LogP contribution is 2.18. The summed E-state index contributed by atoms with van der Waals surface area (Å²) in [5, 5.41) is 6.42. The Morgan fingerprint density at radius 1 is 1.50 bits per heavy atom. The van der Waals surface area contributed by atoms with Crippen LogP contribution in [0.5, 0.6) is 0 Å². The van der Waals surface area contributed by atoms with Gasteiger partial charge in [-0.1, -0.05) is 18.5 Å². The molecule has 1 heterocycles. The molecule has 1 atom stereocenters. The number of thioether (sulfide) groups is 1. The number of anilines is 1. The van der Waals surface area contributed by atoms with Crippen molar-refractivity contribution in [2.24, 2.45) is 0 Å². The first-order valence-electron chi connectivity index (χ1n) is 6.86. The van der Waals surface area contributed by atoms with Crippen molar-refractivity contribution in [3.05, 3.63) is 22.8 Å². The van der Waals surface area contributed by atoms with Gasteiger partial charge in [0.15, 0.2) is 0 Å². The third kappa shape index (κ3) is 5.59. The molecule has 0 bridgehead atoms. The summed E-state index contributed by atoms with van der Waals surface area (Å²) in [7, 11) is 0. The molecule has 1 rings (SSSR count). The lowest BCUT2D eigenvalue weighted by atomic mass is 10.2. The van der Waals surface area contributed by atoms with Gasteiger partial charge in [-0.15, -0.1) is 0 Å². The maximum atomic E-state index is 12.2. The van der Waals surface area contributed by atoms with Crippen LogP contribution in [-0.2, 0) is 0 Å². The second kappa shape index (κ2) is 9.08. The van der Waals surface area contributed by atoms with Gasteiger partial charge in [-0.3, -0.25) is 4.79 Å². The Morgan fingerprint density at radius 2 is 2.25 bits per heavy atom. The van der Waals surface area contributed by atoms with Crippen molar-refractivity contribution in [3.63, 3.8) is 0 Å². The van der Waals surface area contributed by atoms with E-state index >= 15 is 0 Å². The molecule has 1 amide bonds. The van der Waals surface area contributed by atoms with E-state index in [0.717, 1.165) is 24.5 Å². The smallest absolute Gasteiger partial charge is 0.253 e. The molecule has 0 spiro atoms. The lowest BCUT2D eigenvalue weighted by molar-refractivity contribution is 0.0939. The number of carbonyl (C=O) groups is 1. The van der Waals surface area contributed by atoms with Gasteiger partial charge in [-0.05, 0) is 37.8 Å². The Labute approximate surface area is 130 Å². The van der Waals surface area contributed by atoms with E-state index in [2.05, 4.69) is 22.5 Å². The van der Waals surface area contributed by atoms with E-state index in [1.54, 1.807) is 6.07 Å². The SMILES string of the molecule is CCNc1cc(C(=O)NC(C)CCSCC)c(Cl)cn1. The number of nitrogens with one attached hydrogen (secondary N) is 2. The van der Waals surface area contributed by atoms with Gasteiger partial charge in [0.05, 0.1) is 10.6 Å². The molecule has 0 aromatic carbocycles. The van der Waals surface area contributed by atoms with E-state index < -0.39 is 0 Å². The summed E-state index contributed by atoms with van der Waals surface area (Å²) in [5.74, 6) is 2.66. The molecule has 112 valence electrons. The van der Waals surface area contributed by atoms with E-state index in [0.29, 0.717) is 16.4 Å². The fourth-order valence-electron chi connectivity index (χ4n) is 1.67. The summed E-state index contributed by atoms with van der Waals surface area (Å²) in [4.78, 5) is 16.3. The van der Waals surface area contributed by atoms with Crippen molar-refractivity contribution in [2.45, 2.75) is 33.2 Å². The van der Waals surface area contributed by atoms with Crippen LogP contribution in [-0.4, -0.2) is 35.0 Å². The molecular formula is C14H22ClN3OS. The quantitative estimate of drug-likeness (QED) is 0.722. The zero-order valence-corrected chi connectivity index (χ0v) is 13.8. The van der Waals surface area contributed by atoms with E-state index in [4.69, 9.17) is 11.6 Å². The van der Waals surface area contributed by atoms with Gasteiger partial charge in [0, 0.05) is 18.8 Å².